The quantitative estimate of drug-likeness (QED) is 0.777. The van der Waals surface area contributed by atoms with E-state index in [4.69, 9.17) is 4.74 Å². The van der Waals surface area contributed by atoms with Gasteiger partial charge in [-0.2, -0.15) is 0 Å². The van der Waals surface area contributed by atoms with Crippen LogP contribution in [0.1, 0.15) is 19.8 Å². The van der Waals surface area contributed by atoms with Crippen LogP contribution in [0.4, 0.5) is 4.79 Å². The molecule has 1 aliphatic heterocycles. The summed E-state index contributed by atoms with van der Waals surface area (Å²) in [7, 11) is 0. The number of nitrogens with zero attached hydrogens (tertiary/aromatic N) is 1. The van der Waals surface area contributed by atoms with Gasteiger partial charge in [-0.1, -0.05) is 25.1 Å². The molecule has 0 bridgehead atoms. The second-order valence-electron chi connectivity index (χ2n) is 4.33. The molecule has 1 aliphatic rings. The van der Waals surface area contributed by atoms with Gasteiger partial charge in [-0.15, -0.1) is 11.8 Å². The Hall–Kier alpha value is -1.49. The van der Waals surface area contributed by atoms with E-state index < -0.39 is 6.09 Å². The Morgan fingerprint density at radius 3 is 2.74 bits per heavy atom. The van der Waals surface area contributed by atoms with Gasteiger partial charge in [0.15, 0.2) is 0 Å². The second-order valence-corrected chi connectivity index (χ2v) is 5.70. The molecular weight excluding hydrogens is 262 g/mol. The predicted molar refractivity (Wildman–Crippen MR) is 74.1 cm³/mol. The van der Waals surface area contributed by atoms with E-state index >= 15 is 0 Å². The van der Waals surface area contributed by atoms with Crippen molar-refractivity contribution >= 4 is 23.8 Å². The van der Waals surface area contributed by atoms with Crippen LogP contribution in [-0.4, -0.2) is 35.3 Å². The van der Waals surface area contributed by atoms with Gasteiger partial charge in [0.2, 0.25) is 5.91 Å². The second kappa shape index (κ2) is 6.61. The van der Waals surface area contributed by atoms with Crippen molar-refractivity contribution < 1.29 is 14.3 Å². The van der Waals surface area contributed by atoms with Gasteiger partial charge in [0.25, 0.3) is 0 Å². The number of hydrogen-bond acceptors (Lipinski definition) is 4. The van der Waals surface area contributed by atoms with E-state index in [1.54, 1.807) is 11.8 Å². The maximum Gasteiger partial charge on any atom is 0.416 e. The number of thioether (sulfide) groups is 1. The minimum Gasteiger partial charge on any atom is -0.447 e. The van der Waals surface area contributed by atoms with E-state index in [1.807, 2.05) is 30.3 Å². The summed E-state index contributed by atoms with van der Waals surface area (Å²) < 4.78 is 4.78. The van der Waals surface area contributed by atoms with Crippen molar-refractivity contribution in [2.75, 3.05) is 13.2 Å². The van der Waals surface area contributed by atoms with Gasteiger partial charge in [0.05, 0.1) is 6.54 Å². The van der Waals surface area contributed by atoms with E-state index in [0.29, 0.717) is 19.6 Å². The maximum absolute atomic E-state index is 12.0. The van der Waals surface area contributed by atoms with Crippen LogP contribution in [0.15, 0.2) is 35.2 Å². The number of cyclic esters (lactones) is 1. The molecular formula is C14H17NO3S. The molecule has 102 valence electrons. The fourth-order valence-electron chi connectivity index (χ4n) is 1.89. The van der Waals surface area contributed by atoms with E-state index in [9.17, 15) is 9.59 Å². The van der Waals surface area contributed by atoms with Gasteiger partial charge in [-0.25, -0.2) is 9.69 Å². The van der Waals surface area contributed by atoms with Crippen LogP contribution >= 0.6 is 11.8 Å². The molecule has 0 saturated carbocycles. The van der Waals surface area contributed by atoms with Crippen molar-refractivity contribution in [2.45, 2.75) is 29.9 Å². The molecule has 0 radical (unpaired) electrons. The van der Waals surface area contributed by atoms with E-state index in [1.165, 1.54) is 4.90 Å². The number of amides is 2. The molecule has 0 aliphatic carbocycles. The number of imide groups is 1. The highest BCUT2D eigenvalue weighted by Crippen LogP contribution is 2.28. The molecule has 1 fully saturated rings. The van der Waals surface area contributed by atoms with Gasteiger partial charge in [0, 0.05) is 16.6 Å². The van der Waals surface area contributed by atoms with Crippen LogP contribution in [0.25, 0.3) is 0 Å². The number of carbonyl (C=O) groups excluding carboxylic acids is 2. The lowest BCUT2D eigenvalue weighted by molar-refractivity contribution is -0.127. The topological polar surface area (TPSA) is 46.6 Å². The first-order valence-corrected chi connectivity index (χ1v) is 7.27. The number of hydrogen-bond donors (Lipinski definition) is 0. The third kappa shape index (κ3) is 3.73. The summed E-state index contributed by atoms with van der Waals surface area (Å²) in [5.41, 5.74) is 0. The van der Waals surface area contributed by atoms with Crippen molar-refractivity contribution in [1.82, 2.24) is 4.90 Å². The molecule has 0 unspecified atom stereocenters. The van der Waals surface area contributed by atoms with Crippen molar-refractivity contribution in [3.63, 3.8) is 0 Å². The normalized spacial score (nSPS) is 16.3. The molecule has 1 heterocycles. The third-order valence-electron chi connectivity index (χ3n) is 2.97. The minimum atomic E-state index is -0.510. The average molecular weight is 279 g/mol. The Balaban J connectivity index is 1.92. The van der Waals surface area contributed by atoms with Crippen LogP contribution in [0.3, 0.4) is 0 Å². The highest BCUT2D eigenvalue weighted by molar-refractivity contribution is 8.00. The summed E-state index contributed by atoms with van der Waals surface area (Å²) in [4.78, 5) is 25.7. The third-order valence-corrected chi connectivity index (χ3v) is 4.34. The highest BCUT2D eigenvalue weighted by Gasteiger charge is 2.29. The first kappa shape index (κ1) is 13.9. The number of rotatable bonds is 5. The summed E-state index contributed by atoms with van der Waals surface area (Å²) >= 11 is 1.68. The molecule has 0 aromatic heterocycles. The Labute approximate surface area is 117 Å². The predicted octanol–water partition coefficient (Wildman–Crippen LogP) is 2.93. The Kier molecular flexibility index (Phi) is 4.85. The molecule has 1 aromatic carbocycles. The van der Waals surface area contributed by atoms with Crippen LogP contribution < -0.4 is 0 Å². The Bertz CT molecular complexity index is 449. The smallest absolute Gasteiger partial charge is 0.416 e. The van der Waals surface area contributed by atoms with Crippen LogP contribution in [0, 0.1) is 0 Å². The van der Waals surface area contributed by atoms with Crippen LogP contribution in [0.5, 0.6) is 0 Å². The van der Waals surface area contributed by atoms with Crippen molar-refractivity contribution in [3.8, 4) is 0 Å². The summed E-state index contributed by atoms with van der Waals surface area (Å²) in [6.07, 6.45) is 0.740. The molecule has 2 amide bonds. The fraction of sp³-hybridized carbons (Fsp3) is 0.429. The lowest BCUT2D eigenvalue weighted by atomic mass is 10.2. The van der Waals surface area contributed by atoms with Crippen LogP contribution in [-0.2, 0) is 9.53 Å². The molecule has 4 nitrogen and oxygen atoms in total. The van der Waals surface area contributed by atoms with Crippen molar-refractivity contribution in [1.29, 1.82) is 0 Å². The van der Waals surface area contributed by atoms with E-state index in [2.05, 4.69) is 6.92 Å². The zero-order valence-corrected chi connectivity index (χ0v) is 11.7. The molecule has 1 saturated heterocycles. The molecule has 0 spiro atoms. The van der Waals surface area contributed by atoms with Gasteiger partial charge in [-0.05, 0) is 18.6 Å². The standard InChI is InChI=1S/C14H17NO3S/c1-2-11(19-12-6-4-3-5-7-12)10-13(16)15-8-9-18-14(15)17/h3-7,11H,2,8-10H2,1H3/t11-/m0/s1. The summed E-state index contributed by atoms with van der Waals surface area (Å²) in [6.45, 7) is 2.74. The van der Waals surface area contributed by atoms with Gasteiger partial charge in [-0.3, -0.25) is 4.79 Å². The SMILES string of the molecule is CC[C@@H](CC(=O)N1CCOC1=O)Sc1ccccc1. The summed E-state index contributed by atoms with van der Waals surface area (Å²) in [5, 5.41) is 0.184. The van der Waals surface area contributed by atoms with Crippen molar-refractivity contribution in [3.05, 3.63) is 30.3 Å². The van der Waals surface area contributed by atoms with Crippen LogP contribution in [0.2, 0.25) is 0 Å². The lowest BCUT2D eigenvalue weighted by Crippen LogP contribution is -2.33. The first-order valence-electron chi connectivity index (χ1n) is 6.39. The zero-order valence-electron chi connectivity index (χ0n) is 10.9. The zero-order chi connectivity index (χ0) is 13.7. The summed E-state index contributed by atoms with van der Waals surface area (Å²) in [6, 6.07) is 9.99. The monoisotopic (exact) mass is 279 g/mol. The molecule has 1 atom stereocenters. The summed E-state index contributed by atoms with van der Waals surface area (Å²) in [5.74, 6) is -0.141. The fourth-order valence-corrected chi connectivity index (χ4v) is 2.98. The number of ether oxygens (including phenoxy) is 1. The molecule has 5 heteroatoms. The first-order chi connectivity index (χ1) is 9.20. The van der Waals surface area contributed by atoms with E-state index in [-0.39, 0.29) is 11.2 Å². The molecule has 1 aromatic rings. The molecule has 19 heavy (non-hydrogen) atoms. The van der Waals surface area contributed by atoms with Gasteiger partial charge < -0.3 is 4.74 Å². The van der Waals surface area contributed by atoms with Crippen molar-refractivity contribution in [2.24, 2.45) is 0 Å². The minimum absolute atomic E-state index is 0.141. The number of carbonyl (C=O) groups is 2. The van der Waals surface area contributed by atoms with Gasteiger partial charge >= 0.3 is 6.09 Å². The molecule has 2 rings (SSSR count). The lowest BCUT2D eigenvalue weighted by Gasteiger charge is -2.17. The Morgan fingerprint density at radius 1 is 1.42 bits per heavy atom. The number of benzene rings is 1. The average Bonchev–Trinajstić information content (AvgIpc) is 2.85. The largest absolute Gasteiger partial charge is 0.447 e. The van der Waals surface area contributed by atoms with E-state index in [0.717, 1.165) is 11.3 Å². The molecule has 0 N–H and O–H groups in total. The highest BCUT2D eigenvalue weighted by atomic mass is 32.2. The maximum atomic E-state index is 12.0. The Morgan fingerprint density at radius 2 is 2.16 bits per heavy atom. The van der Waals surface area contributed by atoms with Gasteiger partial charge in [0.1, 0.15) is 6.61 Å².